The maximum Gasteiger partial charge on any atom is 0.317 e. The molecule has 3 aromatic rings. The minimum Gasteiger partial charge on any atom is -0.382 e. The summed E-state index contributed by atoms with van der Waals surface area (Å²) in [6, 6.07) is 12.4. The van der Waals surface area contributed by atoms with Crippen LogP contribution in [0.15, 0.2) is 42.6 Å². The lowest BCUT2D eigenvalue weighted by atomic mass is 10.2. The molecule has 1 N–H and O–H groups in total. The number of hydrogen-bond donors (Lipinski definition) is 1. The Labute approximate surface area is 189 Å². The molecule has 0 spiro atoms. The van der Waals surface area contributed by atoms with Gasteiger partial charge in [0, 0.05) is 57.8 Å². The van der Waals surface area contributed by atoms with E-state index in [4.69, 9.17) is 9.72 Å². The predicted molar refractivity (Wildman–Crippen MR) is 125 cm³/mol. The van der Waals surface area contributed by atoms with E-state index in [1.807, 2.05) is 30.2 Å². The van der Waals surface area contributed by atoms with Crippen LogP contribution in [0.4, 0.5) is 4.79 Å². The number of carbonyl (C=O) groups is 1. The van der Waals surface area contributed by atoms with Gasteiger partial charge < -0.3 is 15.0 Å². The van der Waals surface area contributed by atoms with Crippen LogP contribution in [0, 0.1) is 6.92 Å². The molecule has 0 atom stereocenters. The van der Waals surface area contributed by atoms with Crippen LogP contribution in [0.25, 0.3) is 16.9 Å². The maximum absolute atomic E-state index is 12.4. The minimum atomic E-state index is 0.0113. The number of hydrogen-bond acceptors (Lipinski definition) is 5. The molecular formula is C24H32N6O2. The standard InChI is InChI=1S/C24H32N6O2/c1-3-32-17-5-12-26-24(31)29-15-13-28(14-16-29)18-22-27-21-6-4-11-25-23(21)30(22)20-9-7-19(2)8-10-20/h4,6-11H,3,5,12-18H2,1-2H3,(H,26,31). The van der Waals surface area contributed by atoms with Crippen LogP contribution in [-0.4, -0.2) is 76.3 Å². The van der Waals surface area contributed by atoms with Gasteiger partial charge in [0.15, 0.2) is 5.65 Å². The Kier molecular flexibility index (Phi) is 7.34. The van der Waals surface area contributed by atoms with Crippen molar-refractivity contribution in [2.24, 2.45) is 0 Å². The molecule has 0 bridgehead atoms. The molecule has 0 radical (unpaired) electrons. The van der Waals surface area contributed by atoms with Crippen LogP contribution in [0.5, 0.6) is 0 Å². The summed E-state index contributed by atoms with van der Waals surface area (Å²) in [6.45, 7) is 9.87. The Bertz CT molecular complexity index is 1020. The third kappa shape index (κ3) is 5.26. The number of benzene rings is 1. The monoisotopic (exact) mass is 436 g/mol. The van der Waals surface area contributed by atoms with Gasteiger partial charge in [-0.2, -0.15) is 0 Å². The van der Waals surface area contributed by atoms with Crippen molar-refractivity contribution in [3.63, 3.8) is 0 Å². The zero-order chi connectivity index (χ0) is 22.3. The van der Waals surface area contributed by atoms with Crippen molar-refractivity contribution in [1.82, 2.24) is 29.7 Å². The zero-order valence-corrected chi connectivity index (χ0v) is 19.0. The first-order valence-corrected chi connectivity index (χ1v) is 11.4. The minimum absolute atomic E-state index is 0.0113. The predicted octanol–water partition coefficient (Wildman–Crippen LogP) is 2.98. The molecule has 1 saturated heterocycles. The van der Waals surface area contributed by atoms with Crippen LogP contribution in [-0.2, 0) is 11.3 Å². The Morgan fingerprint density at radius 1 is 1.12 bits per heavy atom. The number of nitrogens with zero attached hydrogens (tertiary/aromatic N) is 5. The fourth-order valence-electron chi connectivity index (χ4n) is 3.97. The average Bonchev–Trinajstić information content (AvgIpc) is 3.17. The molecule has 170 valence electrons. The summed E-state index contributed by atoms with van der Waals surface area (Å²) in [4.78, 5) is 26.1. The summed E-state index contributed by atoms with van der Waals surface area (Å²) in [5.41, 5.74) is 4.06. The molecule has 8 heteroatoms. The molecule has 1 aliphatic rings. The third-order valence-electron chi connectivity index (χ3n) is 5.75. The van der Waals surface area contributed by atoms with Crippen LogP contribution in [0.1, 0.15) is 24.7 Å². The number of pyridine rings is 1. The number of carbonyl (C=O) groups excluding carboxylic acids is 1. The molecule has 1 aliphatic heterocycles. The molecule has 0 aliphatic carbocycles. The van der Waals surface area contributed by atoms with Gasteiger partial charge in [0.25, 0.3) is 0 Å². The van der Waals surface area contributed by atoms with Crippen molar-refractivity contribution >= 4 is 17.2 Å². The van der Waals surface area contributed by atoms with Gasteiger partial charge in [0.2, 0.25) is 0 Å². The highest BCUT2D eigenvalue weighted by Gasteiger charge is 2.23. The molecule has 1 fully saturated rings. The number of piperazine rings is 1. The van der Waals surface area contributed by atoms with Gasteiger partial charge in [-0.3, -0.25) is 9.47 Å². The number of fused-ring (bicyclic) bond motifs is 1. The normalized spacial score (nSPS) is 14.8. The molecule has 0 unspecified atom stereocenters. The number of aromatic nitrogens is 3. The Hall–Kier alpha value is -2.97. The van der Waals surface area contributed by atoms with E-state index in [1.54, 1.807) is 0 Å². The molecule has 32 heavy (non-hydrogen) atoms. The first-order chi connectivity index (χ1) is 15.7. The first-order valence-electron chi connectivity index (χ1n) is 11.4. The number of nitrogens with one attached hydrogen (secondary N) is 1. The van der Waals surface area contributed by atoms with Gasteiger partial charge in [-0.05, 0) is 44.5 Å². The van der Waals surface area contributed by atoms with Gasteiger partial charge in [0.1, 0.15) is 11.3 Å². The van der Waals surface area contributed by atoms with Crippen molar-refractivity contribution in [1.29, 1.82) is 0 Å². The van der Waals surface area contributed by atoms with Gasteiger partial charge in [-0.25, -0.2) is 14.8 Å². The molecule has 8 nitrogen and oxygen atoms in total. The number of aryl methyl sites for hydroxylation is 1. The van der Waals surface area contributed by atoms with Crippen molar-refractivity contribution in [2.75, 3.05) is 45.9 Å². The average molecular weight is 437 g/mol. The number of ether oxygens (including phenoxy) is 1. The second-order valence-electron chi connectivity index (χ2n) is 8.09. The second-order valence-corrected chi connectivity index (χ2v) is 8.09. The van der Waals surface area contributed by atoms with Crippen LogP contribution in [0.2, 0.25) is 0 Å². The van der Waals surface area contributed by atoms with Gasteiger partial charge in [-0.1, -0.05) is 17.7 Å². The smallest absolute Gasteiger partial charge is 0.317 e. The molecule has 2 amide bonds. The summed E-state index contributed by atoms with van der Waals surface area (Å²) in [5, 5.41) is 2.99. The second kappa shape index (κ2) is 10.6. The molecule has 2 aromatic heterocycles. The van der Waals surface area contributed by atoms with E-state index in [2.05, 4.69) is 51.0 Å². The Morgan fingerprint density at radius 3 is 2.66 bits per heavy atom. The van der Waals surface area contributed by atoms with E-state index in [0.717, 1.165) is 42.2 Å². The topological polar surface area (TPSA) is 75.5 Å². The Morgan fingerprint density at radius 2 is 1.91 bits per heavy atom. The lowest BCUT2D eigenvalue weighted by molar-refractivity contribution is 0.129. The van der Waals surface area contributed by atoms with Gasteiger partial charge >= 0.3 is 6.03 Å². The van der Waals surface area contributed by atoms with Crippen molar-refractivity contribution in [3.8, 4) is 5.69 Å². The lowest BCUT2D eigenvalue weighted by Crippen LogP contribution is -2.51. The van der Waals surface area contributed by atoms with E-state index in [1.165, 1.54) is 5.56 Å². The van der Waals surface area contributed by atoms with E-state index in [0.29, 0.717) is 39.4 Å². The van der Waals surface area contributed by atoms with Crippen molar-refractivity contribution in [2.45, 2.75) is 26.8 Å². The summed E-state index contributed by atoms with van der Waals surface area (Å²) < 4.78 is 7.46. The Balaban J connectivity index is 1.39. The van der Waals surface area contributed by atoms with E-state index >= 15 is 0 Å². The highest BCUT2D eigenvalue weighted by molar-refractivity contribution is 5.74. The first kappa shape index (κ1) is 22.2. The molecule has 4 rings (SSSR count). The maximum atomic E-state index is 12.4. The summed E-state index contributed by atoms with van der Waals surface area (Å²) in [6.07, 6.45) is 2.65. The number of imidazole rings is 1. The van der Waals surface area contributed by atoms with E-state index in [9.17, 15) is 4.79 Å². The fraction of sp³-hybridized carbons (Fsp3) is 0.458. The highest BCUT2D eigenvalue weighted by Crippen LogP contribution is 2.21. The lowest BCUT2D eigenvalue weighted by Gasteiger charge is -2.34. The van der Waals surface area contributed by atoms with Crippen LogP contribution < -0.4 is 5.32 Å². The van der Waals surface area contributed by atoms with E-state index < -0.39 is 0 Å². The van der Waals surface area contributed by atoms with Crippen molar-refractivity contribution in [3.05, 3.63) is 54.0 Å². The molecule has 3 heterocycles. The zero-order valence-electron chi connectivity index (χ0n) is 19.0. The van der Waals surface area contributed by atoms with Crippen molar-refractivity contribution < 1.29 is 9.53 Å². The summed E-state index contributed by atoms with van der Waals surface area (Å²) in [5.74, 6) is 0.969. The van der Waals surface area contributed by atoms with Gasteiger partial charge in [0.05, 0.1) is 6.54 Å². The highest BCUT2D eigenvalue weighted by atomic mass is 16.5. The third-order valence-corrected chi connectivity index (χ3v) is 5.75. The molecule has 1 aromatic carbocycles. The van der Waals surface area contributed by atoms with E-state index in [-0.39, 0.29) is 6.03 Å². The van der Waals surface area contributed by atoms with Gasteiger partial charge in [-0.15, -0.1) is 0 Å². The fourth-order valence-corrected chi connectivity index (χ4v) is 3.97. The van der Waals surface area contributed by atoms with Crippen LogP contribution >= 0.6 is 0 Å². The summed E-state index contributed by atoms with van der Waals surface area (Å²) in [7, 11) is 0. The number of rotatable bonds is 8. The SMILES string of the molecule is CCOCCCNC(=O)N1CCN(Cc2nc3cccnc3n2-c2ccc(C)cc2)CC1. The summed E-state index contributed by atoms with van der Waals surface area (Å²) >= 11 is 0. The number of amides is 2. The van der Waals surface area contributed by atoms with Crippen LogP contribution in [0.3, 0.4) is 0 Å². The largest absolute Gasteiger partial charge is 0.382 e. The number of urea groups is 1. The molecule has 0 saturated carbocycles. The quantitative estimate of drug-likeness (QED) is 0.550. The molecular weight excluding hydrogens is 404 g/mol.